The van der Waals surface area contributed by atoms with Crippen molar-refractivity contribution in [2.45, 2.75) is 50.7 Å². The number of methoxy groups -OCH3 is 1. The number of rotatable bonds is 7. The van der Waals surface area contributed by atoms with Crippen molar-refractivity contribution in [1.29, 1.82) is 0 Å². The van der Waals surface area contributed by atoms with E-state index in [1.807, 2.05) is 36.4 Å². The number of amides is 1. The van der Waals surface area contributed by atoms with Crippen LogP contribution in [0.4, 0.5) is 0 Å². The summed E-state index contributed by atoms with van der Waals surface area (Å²) in [5.41, 5.74) is 0.970. The molecule has 1 aromatic heterocycles. The number of hydrogen-bond acceptors (Lipinski definition) is 5. The van der Waals surface area contributed by atoms with Gasteiger partial charge in [0.05, 0.1) is 7.11 Å². The molecule has 0 aliphatic carbocycles. The van der Waals surface area contributed by atoms with Crippen LogP contribution in [0.2, 0.25) is 0 Å². The van der Waals surface area contributed by atoms with Crippen LogP contribution in [0.25, 0.3) is 0 Å². The van der Waals surface area contributed by atoms with Crippen LogP contribution in [0.3, 0.4) is 0 Å². The van der Waals surface area contributed by atoms with Crippen molar-refractivity contribution in [2.75, 3.05) is 7.11 Å². The average molecular weight is 381 g/mol. The van der Waals surface area contributed by atoms with Gasteiger partial charge in [0.15, 0.2) is 0 Å². The third-order valence-corrected chi connectivity index (χ3v) is 5.62. The van der Waals surface area contributed by atoms with Crippen molar-refractivity contribution >= 4 is 5.91 Å². The first-order valence-electron chi connectivity index (χ1n) is 9.97. The van der Waals surface area contributed by atoms with Crippen LogP contribution in [-0.2, 0) is 11.3 Å². The summed E-state index contributed by atoms with van der Waals surface area (Å²) in [6.07, 6.45) is 7.09. The second-order valence-corrected chi connectivity index (χ2v) is 7.74. The SMILES string of the molecule is COc1ccc(Oc2cc(CNC(=O)CC3CC4CCC(C3)N4)ccn2)cc1. The zero-order chi connectivity index (χ0) is 19.3. The largest absolute Gasteiger partial charge is 0.497 e. The highest BCUT2D eigenvalue weighted by Gasteiger charge is 2.34. The van der Waals surface area contributed by atoms with Gasteiger partial charge in [-0.05, 0) is 67.5 Å². The molecular formula is C22H27N3O3. The Morgan fingerprint density at radius 3 is 2.57 bits per heavy atom. The molecule has 148 valence electrons. The van der Waals surface area contributed by atoms with Crippen LogP contribution in [0.1, 0.15) is 37.7 Å². The van der Waals surface area contributed by atoms with Crippen molar-refractivity contribution in [1.82, 2.24) is 15.6 Å². The Morgan fingerprint density at radius 2 is 1.86 bits per heavy atom. The van der Waals surface area contributed by atoms with Gasteiger partial charge in [0.25, 0.3) is 0 Å². The van der Waals surface area contributed by atoms with Gasteiger partial charge in [-0.2, -0.15) is 0 Å². The Balaban J connectivity index is 1.27. The Kier molecular flexibility index (Phi) is 5.76. The summed E-state index contributed by atoms with van der Waals surface area (Å²) in [6, 6.07) is 12.3. The summed E-state index contributed by atoms with van der Waals surface area (Å²) in [5, 5.41) is 6.67. The number of aromatic nitrogens is 1. The van der Waals surface area contributed by atoms with E-state index in [1.54, 1.807) is 13.3 Å². The zero-order valence-corrected chi connectivity index (χ0v) is 16.2. The number of benzene rings is 1. The highest BCUT2D eigenvalue weighted by molar-refractivity contribution is 5.76. The molecule has 28 heavy (non-hydrogen) atoms. The van der Waals surface area contributed by atoms with Crippen molar-refractivity contribution in [2.24, 2.45) is 5.92 Å². The van der Waals surface area contributed by atoms with Crippen LogP contribution in [0, 0.1) is 5.92 Å². The highest BCUT2D eigenvalue weighted by atomic mass is 16.5. The van der Waals surface area contributed by atoms with E-state index < -0.39 is 0 Å². The molecule has 2 atom stereocenters. The first-order valence-corrected chi connectivity index (χ1v) is 9.97. The Hall–Kier alpha value is -2.60. The molecule has 0 spiro atoms. The fraction of sp³-hybridized carbons (Fsp3) is 0.455. The summed E-state index contributed by atoms with van der Waals surface area (Å²) in [6.45, 7) is 0.484. The molecular weight excluding hydrogens is 354 g/mol. The van der Waals surface area contributed by atoms with Crippen molar-refractivity contribution in [3.63, 3.8) is 0 Å². The van der Waals surface area contributed by atoms with Crippen molar-refractivity contribution < 1.29 is 14.3 Å². The van der Waals surface area contributed by atoms with Gasteiger partial charge in [-0.1, -0.05) is 0 Å². The maximum Gasteiger partial charge on any atom is 0.220 e. The van der Waals surface area contributed by atoms with Gasteiger partial charge < -0.3 is 20.1 Å². The molecule has 6 heteroatoms. The lowest BCUT2D eigenvalue weighted by atomic mass is 9.89. The van der Waals surface area contributed by atoms with E-state index in [9.17, 15) is 4.79 Å². The van der Waals surface area contributed by atoms with E-state index in [-0.39, 0.29) is 5.91 Å². The topological polar surface area (TPSA) is 72.5 Å². The fourth-order valence-electron chi connectivity index (χ4n) is 4.26. The minimum atomic E-state index is 0.126. The third kappa shape index (κ3) is 4.81. The van der Waals surface area contributed by atoms with Gasteiger partial charge in [0.1, 0.15) is 11.5 Å². The number of fused-ring (bicyclic) bond motifs is 2. The molecule has 0 radical (unpaired) electrons. The lowest BCUT2D eigenvalue weighted by Gasteiger charge is -2.28. The predicted molar refractivity (Wildman–Crippen MR) is 106 cm³/mol. The van der Waals surface area contributed by atoms with Crippen LogP contribution in [0.5, 0.6) is 17.4 Å². The van der Waals surface area contributed by atoms with E-state index in [0.29, 0.717) is 42.6 Å². The number of carbonyl (C=O) groups is 1. The van der Waals surface area contributed by atoms with Gasteiger partial charge in [-0.25, -0.2) is 4.98 Å². The molecule has 2 aliphatic heterocycles. The van der Waals surface area contributed by atoms with Gasteiger partial charge >= 0.3 is 0 Å². The monoisotopic (exact) mass is 381 g/mol. The lowest BCUT2D eigenvalue weighted by molar-refractivity contribution is -0.122. The van der Waals surface area contributed by atoms with Crippen LogP contribution >= 0.6 is 0 Å². The maximum absolute atomic E-state index is 12.4. The number of pyridine rings is 1. The number of piperidine rings is 1. The molecule has 2 saturated heterocycles. The number of hydrogen-bond donors (Lipinski definition) is 2. The first kappa shape index (κ1) is 18.7. The molecule has 2 fully saturated rings. The number of carbonyl (C=O) groups excluding carboxylic acids is 1. The van der Waals surface area contributed by atoms with Crippen LogP contribution in [-0.4, -0.2) is 30.1 Å². The van der Waals surface area contributed by atoms with E-state index in [4.69, 9.17) is 9.47 Å². The normalized spacial score (nSPS) is 23.2. The smallest absolute Gasteiger partial charge is 0.220 e. The molecule has 1 amide bonds. The summed E-state index contributed by atoms with van der Waals surface area (Å²) < 4.78 is 10.9. The molecule has 0 saturated carbocycles. The lowest BCUT2D eigenvalue weighted by Crippen LogP contribution is -2.39. The molecule has 6 nitrogen and oxygen atoms in total. The summed E-state index contributed by atoms with van der Waals surface area (Å²) in [4.78, 5) is 16.6. The van der Waals surface area contributed by atoms with Gasteiger partial charge in [0.2, 0.25) is 11.8 Å². The van der Waals surface area contributed by atoms with E-state index in [1.165, 1.54) is 12.8 Å². The second-order valence-electron chi connectivity index (χ2n) is 7.74. The summed E-state index contributed by atoms with van der Waals surface area (Å²) in [5.74, 6) is 2.60. The number of ether oxygens (including phenoxy) is 2. The fourth-order valence-corrected chi connectivity index (χ4v) is 4.26. The Bertz CT molecular complexity index is 797. The molecule has 2 N–H and O–H groups in total. The number of nitrogens with zero attached hydrogens (tertiary/aromatic N) is 1. The van der Waals surface area contributed by atoms with Gasteiger partial charge in [-0.15, -0.1) is 0 Å². The van der Waals surface area contributed by atoms with E-state index >= 15 is 0 Å². The molecule has 1 aromatic carbocycles. The van der Waals surface area contributed by atoms with Gasteiger partial charge in [-0.3, -0.25) is 4.79 Å². The molecule has 2 aromatic rings. The van der Waals surface area contributed by atoms with Gasteiger partial charge in [0, 0.05) is 37.3 Å². The first-order chi connectivity index (χ1) is 13.7. The van der Waals surface area contributed by atoms with E-state index in [2.05, 4.69) is 15.6 Å². The highest BCUT2D eigenvalue weighted by Crippen LogP contribution is 2.32. The summed E-state index contributed by atoms with van der Waals surface area (Å²) >= 11 is 0. The minimum Gasteiger partial charge on any atom is -0.497 e. The van der Waals surface area contributed by atoms with Crippen LogP contribution in [0.15, 0.2) is 42.6 Å². The number of nitrogens with one attached hydrogen (secondary N) is 2. The second kappa shape index (κ2) is 8.61. The van der Waals surface area contributed by atoms with Crippen molar-refractivity contribution in [3.8, 4) is 17.4 Å². The predicted octanol–water partition coefficient (Wildman–Crippen LogP) is 3.42. The minimum absolute atomic E-state index is 0.126. The third-order valence-electron chi connectivity index (χ3n) is 5.62. The Morgan fingerprint density at radius 1 is 1.14 bits per heavy atom. The molecule has 2 unspecified atom stereocenters. The average Bonchev–Trinajstić information content (AvgIpc) is 3.05. The quantitative estimate of drug-likeness (QED) is 0.769. The maximum atomic E-state index is 12.4. The Labute approximate surface area is 165 Å². The zero-order valence-electron chi connectivity index (χ0n) is 16.2. The van der Waals surface area contributed by atoms with E-state index in [0.717, 1.165) is 24.2 Å². The summed E-state index contributed by atoms with van der Waals surface area (Å²) in [7, 11) is 1.63. The molecule has 2 aliphatic rings. The van der Waals surface area contributed by atoms with Crippen LogP contribution < -0.4 is 20.1 Å². The molecule has 4 rings (SSSR count). The molecule has 2 bridgehead atoms. The molecule has 3 heterocycles. The standard InChI is InChI=1S/C22H27N3O3/c1-27-19-4-6-20(7-5-19)28-22-13-15(8-9-23-22)14-24-21(26)12-16-10-17-2-3-18(11-16)25-17/h4-9,13,16-18,25H,2-3,10-12,14H2,1H3,(H,24,26). The van der Waals surface area contributed by atoms with Crippen molar-refractivity contribution in [3.05, 3.63) is 48.2 Å².